The summed E-state index contributed by atoms with van der Waals surface area (Å²) in [5, 5.41) is 45.8. The Balaban J connectivity index is 4.58. The molecule has 0 aromatic carbocycles. The minimum Gasteiger partial charge on any atom is -0.479 e. The van der Waals surface area contributed by atoms with Gasteiger partial charge in [-0.25, -0.2) is 9.59 Å². The van der Waals surface area contributed by atoms with Gasteiger partial charge in [0.1, 0.15) is 12.2 Å². The van der Waals surface area contributed by atoms with Crippen molar-refractivity contribution in [1.82, 2.24) is 5.32 Å². The van der Waals surface area contributed by atoms with Crippen LogP contribution >= 0.6 is 0 Å². The molecule has 0 aliphatic rings. The number of aliphatic hydroxyl groups excluding tert-OH is 4. The summed E-state index contributed by atoms with van der Waals surface area (Å²) in [6, 6.07) is -1.31. The largest absolute Gasteiger partial charge is 0.479 e. The lowest BCUT2D eigenvalue weighted by Gasteiger charge is -2.23. The molecule has 0 radical (unpaired) electrons. The van der Waals surface area contributed by atoms with Crippen LogP contribution in [0.15, 0.2) is 0 Å². The van der Waals surface area contributed by atoms with Gasteiger partial charge >= 0.3 is 12.0 Å². The Morgan fingerprint density at radius 1 is 0.941 bits per heavy atom. The Morgan fingerprint density at radius 2 is 1.35 bits per heavy atom. The molecule has 0 unspecified atom stereocenters. The average Bonchev–Trinajstić information content (AvgIpc) is 2.23. The molecule has 4 atom stereocenters. The van der Waals surface area contributed by atoms with Crippen molar-refractivity contribution in [3.8, 4) is 0 Å². The summed E-state index contributed by atoms with van der Waals surface area (Å²) in [6.07, 6.45) is -9.35. The molecule has 0 saturated heterocycles. The van der Waals surface area contributed by atoms with E-state index >= 15 is 0 Å². The second-order valence-electron chi connectivity index (χ2n) is 3.06. The standard InChI is InChI=1S/C7H12N2O8/c8-7(17)9-5(14)3(12)1(10)2(11)4(13)6(15)16/h1-4,10-13H,(H,15,16)(H3,8,9,14,17)/t1-,2-,3-,4+/m1/s1. The quantitative estimate of drug-likeness (QED) is 0.255. The fourth-order valence-electron chi connectivity index (χ4n) is 0.870. The number of carbonyl (C=O) groups is 3. The molecule has 0 aromatic heterocycles. The number of primary amides is 1. The van der Waals surface area contributed by atoms with Gasteiger partial charge < -0.3 is 31.3 Å². The molecule has 10 heteroatoms. The lowest BCUT2D eigenvalue weighted by molar-refractivity contribution is -0.166. The minimum atomic E-state index is -2.40. The fraction of sp³-hybridized carbons (Fsp3) is 0.571. The molecule has 0 fully saturated rings. The van der Waals surface area contributed by atoms with Gasteiger partial charge in [0.05, 0.1) is 0 Å². The van der Waals surface area contributed by atoms with E-state index in [1.807, 2.05) is 0 Å². The second-order valence-corrected chi connectivity index (χ2v) is 3.06. The molecule has 0 bridgehead atoms. The lowest BCUT2D eigenvalue weighted by atomic mass is 10.0. The maximum Gasteiger partial charge on any atom is 0.335 e. The Hall–Kier alpha value is -1.75. The molecular weight excluding hydrogens is 240 g/mol. The van der Waals surface area contributed by atoms with Crippen molar-refractivity contribution >= 4 is 17.9 Å². The van der Waals surface area contributed by atoms with E-state index in [1.165, 1.54) is 5.32 Å². The first-order valence-electron chi connectivity index (χ1n) is 4.23. The normalized spacial score (nSPS) is 17.6. The van der Waals surface area contributed by atoms with Crippen molar-refractivity contribution in [1.29, 1.82) is 0 Å². The number of rotatable bonds is 5. The van der Waals surface area contributed by atoms with Crippen molar-refractivity contribution in [3.05, 3.63) is 0 Å². The zero-order chi connectivity index (χ0) is 13.7. The summed E-state index contributed by atoms with van der Waals surface area (Å²) in [7, 11) is 0. The van der Waals surface area contributed by atoms with Crippen molar-refractivity contribution in [2.75, 3.05) is 0 Å². The first-order valence-corrected chi connectivity index (χ1v) is 4.23. The molecule has 10 nitrogen and oxygen atoms in total. The first kappa shape index (κ1) is 15.2. The summed E-state index contributed by atoms with van der Waals surface area (Å²) < 4.78 is 0. The fourth-order valence-corrected chi connectivity index (χ4v) is 0.870. The predicted molar refractivity (Wildman–Crippen MR) is 49.4 cm³/mol. The number of hydrogen-bond donors (Lipinski definition) is 7. The molecule has 17 heavy (non-hydrogen) atoms. The smallest absolute Gasteiger partial charge is 0.335 e. The van der Waals surface area contributed by atoms with E-state index in [0.717, 1.165) is 0 Å². The van der Waals surface area contributed by atoms with Crippen LogP contribution in [0.3, 0.4) is 0 Å². The summed E-state index contributed by atoms with van der Waals surface area (Å²) in [4.78, 5) is 31.4. The van der Waals surface area contributed by atoms with Crippen molar-refractivity contribution < 1.29 is 39.9 Å². The molecule has 3 amide bonds. The van der Waals surface area contributed by atoms with Crippen LogP contribution in [0.25, 0.3) is 0 Å². The Kier molecular flexibility index (Phi) is 5.47. The van der Waals surface area contributed by atoms with E-state index < -0.39 is 42.3 Å². The molecular formula is C7H12N2O8. The molecule has 0 spiro atoms. The lowest BCUT2D eigenvalue weighted by Crippen LogP contribution is -2.54. The highest BCUT2D eigenvalue weighted by Gasteiger charge is 2.37. The SMILES string of the molecule is NC(=O)NC(=O)[C@H](O)[C@H](O)[C@@H](O)[C@H](O)C(=O)O. The van der Waals surface area contributed by atoms with Crippen molar-refractivity contribution in [2.45, 2.75) is 24.4 Å². The van der Waals surface area contributed by atoms with E-state index in [0.29, 0.717) is 0 Å². The first-order chi connectivity index (χ1) is 7.68. The van der Waals surface area contributed by atoms with Crippen LogP contribution in [-0.4, -0.2) is 67.9 Å². The predicted octanol–water partition coefficient (Wildman–Crippen LogP) is -4.29. The van der Waals surface area contributed by atoms with E-state index in [4.69, 9.17) is 25.5 Å². The molecule has 0 saturated carbocycles. The number of urea groups is 1. The third kappa shape index (κ3) is 4.32. The van der Waals surface area contributed by atoms with Gasteiger partial charge in [-0.05, 0) is 0 Å². The van der Waals surface area contributed by atoms with E-state index in [2.05, 4.69) is 5.73 Å². The number of carbonyl (C=O) groups excluding carboxylic acids is 2. The Labute approximate surface area is 94.3 Å². The van der Waals surface area contributed by atoms with Gasteiger partial charge in [-0.2, -0.15) is 0 Å². The number of amides is 3. The highest BCUT2D eigenvalue weighted by Crippen LogP contribution is 2.05. The highest BCUT2D eigenvalue weighted by molar-refractivity contribution is 5.96. The van der Waals surface area contributed by atoms with Crippen LogP contribution in [0.4, 0.5) is 4.79 Å². The summed E-state index contributed by atoms with van der Waals surface area (Å²) in [6.45, 7) is 0. The number of nitrogens with two attached hydrogens (primary N) is 1. The number of carboxylic acid groups (broad SMARTS) is 1. The van der Waals surface area contributed by atoms with Gasteiger partial charge in [0, 0.05) is 0 Å². The highest BCUT2D eigenvalue weighted by atomic mass is 16.4. The number of aliphatic carboxylic acids is 1. The third-order valence-electron chi connectivity index (χ3n) is 1.76. The zero-order valence-corrected chi connectivity index (χ0v) is 8.35. The number of aliphatic hydroxyl groups is 4. The Bertz CT molecular complexity index is 319. The zero-order valence-electron chi connectivity index (χ0n) is 8.35. The van der Waals surface area contributed by atoms with Gasteiger partial charge in [0.2, 0.25) is 0 Å². The van der Waals surface area contributed by atoms with E-state index in [-0.39, 0.29) is 0 Å². The molecule has 0 heterocycles. The van der Waals surface area contributed by atoms with Crippen LogP contribution in [0.1, 0.15) is 0 Å². The monoisotopic (exact) mass is 252 g/mol. The topological polar surface area (TPSA) is 190 Å². The summed E-state index contributed by atoms with van der Waals surface area (Å²) in [5.41, 5.74) is 4.55. The molecule has 8 N–H and O–H groups in total. The average molecular weight is 252 g/mol. The van der Waals surface area contributed by atoms with E-state index in [1.54, 1.807) is 0 Å². The van der Waals surface area contributed by atoms with Crippen LogP contribution in [0.2, 0.25) is 0 Å². The maximum absolute atomic E-state index is 10.9. The number of carboxylic acids is 1. The van der Waals surface area contributed by atoms with Gasteiger partial charge in [-0.1, -0.05) is 0 Å². The van der Waals surface area contributed by atoms with Crippen molar-refractivity contribution in [2.24, 2.45) is 5.73 Å². The number of nitrogens with one attached hydrogen (secondary N) is 1. The third-order valence-corrected chi connectivity index (χ3v) is 1.76. The molecule has 0 aromatic rings. The molecule has 98 valence electrons. The van der Waals surface area contributed by atoms with Gasteiger partial charge in [-0.3, -0.25) is 10.1 Å². The molecule has 0 rings (SSSR count). The molecule has 0 aliphatic heterocycles. The summed E-state index contributed by atoms with van der Waals surface area (Å²) >= 11 is 0. The van der Waals surface area contributed by atoms with Crippen LogP contribution in [0, 0.1) is 0 Å². The van der Waals surface area contributed by atoms with Crippen LogP contribution in [0.5, 0.6) is 0 Å². The Morgan fingerprint density at radius 3 is 1.71 bits per heavy atom. The summed E-state index contributed by atoms with van der Waals surface area (Å²) in [5.74, 6) is -3.30. The minimum absolute atomic E-state index is 1.31. The van der Waals surface area contributed by atoms with Gasteiger partial charge in [0.25, 0.3) is 5.91 Å². The second kappa shape index (κ2) is 6.10. The number of hydrogen-bond acceptors (Lipinski definition) is 7. The van der Waals surface area contributed by atoms with Crippen LogP contribution in [-0.2, 0) is 9.59 Å². The van der Waals surface area contributed by atoms with Crippen LogP contribution < -0.4 is 11.1 Å². The van der Waals surface area contributed by atoms with Gasteiger partial charge in [-0.15, -0.1) is 0 Å². The van der Waals surface area contributed by atoms with E-state index in [9.17, 15) is 14.4 Å². The van der Waals surface area contributed by atoms with Crippen molar-refractivity contribution in [3.63, 3.8) is 0 Å². The van der Waals surface area contributed by atoms with Gasteiger partial charge in [0.15, 0.2) is 12.2 Å². The maximum atomic E-state index is 10.9. The number of imide groups is 1. The molecule has 0 aliphatic carbocycles.